The third kappa shape index (κ3) is 2.94. The summed E-state index contributed by atoms with van der Waals surface area (Å²) in [5, 5.41) is 13.1. The first-order valence-electron chi connectivity index (χ1n) is 6.32. The third-order valence-electron chi connectivity index (χ3n) is 3.48. The zero-order valence-corrected chi connectivity index (χ0v) is 12.7. The summed E-state index contributed by atoms with van der Waals surface area (Å²) in [5.74, 6) is 0.405. The lowest BCUT2D eigenvalue weighted by atomic mass is 10.1. The first-order valence-corrected chi connectivity index (χ1v) is 7.31. The zero-order valence-electron chi connectivity index (χ0n) is 11.9. The molecular weight excluding hydrogens is 264 g/mol. The number of aliphatic carboxylic acids is 1. The van der Waals surface area contributed by atoms with Crippen molar-refractivity contribution in [2.45, 2.75) is 51.0 Å². The Balaban J connectivity index is 2.05. The molecule has 2 rings (SSSR count). The highest BCUT2D eigenvalue weighted by Crippen LogP contribution is 2.64. The Morgan fingerprint density at radius 3 is 2.58 bits per heavy atom. The minimum atomic E-state index is -0.793. The molecule has 1 aliphatic carbocycles. The van der Waals surface area contributed by atoms with Gasteiger partial charge in [0, 0.05) is 4.75 Å². The van der Waals surface area contributed by atoms with Crippen molar-refractivity contribution < 1.29 is 14.4 Å². The van der Waals surface area contributed by atoms with Gasteiger partial charge in [-0.05, 0) is 5.41 Å². The lowest BCUT2D eigenvalue weighted by molar-refractivity contribution is -0.139. The quantitative estimate of drug-likeness (QED) is 0.916. The van der Waals surface area contributed by atoms with Gasteiger partial charge in [-0.3, -0.25) is 4.79 Å². The summed E-state index contributed by atoms with van der Waals surface area (Å²) in [6.07, 6.45) is 0. The molecule has 19 heavy (non-hydrogen) atoms. The Morgan fingerprint density at radius 2 is 2.11 bits per heavy atom. The molecular formula is C13H20N2O3S. The molecule has 2 unspecified atom stereocenters. The molecule has 1 heterocycles. The van der Waals surface area contributed by atoms with Crippen molar-refractivity contribution in [3.63, 3.8) is 0 Å². The fourth-order valence-electron chi connectivity index (χ4n) is 2.29. The number of nitrogens with zero attached hydrogens (tertiary/aromatic N) is 2. The topological polar surface area (TPSA) is 76.2 Å². The first-order chi connectivity index (χ1) is 8.63. The van der Waals surface area contributed by atoms with Crippen LogP contribution < -0.4 is 0 Å². The number of carbonyl (C=O) groups is 1. The van der Waals surface area contributed by atoms with Gasteiger partial charge in [0.2, 0.25) is 5.89 Å². The van der Waals surface area contributed by atoms with Gasteiger partial charge in [0.25, 0.3) is 0 Å². The van der Waals surface area contributed by atoms with E-state index in [0.717, 1.165) is 0 Å². The number of hydrogen-bond donors (Lipinski definition) is 1. The summed E-state index contributed by atoms with van der Waals surface area (Å²) in [6, 6.07) is 0. The van der Waals surface area contributed by atoms with E-state index in [1.165, 1.54) is 0 Å². The van der Waals surface area contributed by atoms with Crippen LogP contribution in [0.4, 0.5) is 0 Å². The highest BCUT2D eigenvalue weighted by molar-refractivity contribution is 7.99. The molecule has 1 N–H and O–H groups in total. The van der Waals surface area contributed by atoms with Crippen LogP contribution in [0.15, 0.2) is 4.52 Å². The predicted octanol–water partition coefficient (Wildman–Crippen LogP) is 2.93. The van der Waals surface area contributed by atoms with E-state index in [1.54, 1.807) is 11.8 Å². The molecule has 0 bridgehead atoms. The zero-order chi connectivity index (χ0) is 14.4. The second kappa shape index (κ2) is 4.51. The average Bonchev–Trinajstić information content (AvgIpc) is 2.65. The molecule has 1 aromatic rings. The number of rotatable bonds is 4. The molecule has 0 amide bonds. The van der Waals surface area contributed by atoms with Gasteiger partial charge >= 0.3 is 5.97 Å². The van der Waals surface area contributed by atoms with Gasteiger partial charge in [0.1, 0.15) is 0 Å². The fraction of sp³-hybridized carbons (Fsp3) is 0.769. The van der Waals surface area contributed by atoms with Crippen molar-refractivity contribution in [1.82, 2.24) is 10.1 Å². The van der Waals surface area contributed by atoms with E-state index in [2.05, 4.69) is 30.9 Å². The lowest BCUT2D eigenvalue weighted by Gasteiger charge is -2.15. The van der Waals surface area contributed by atoms with Gasteiger partial charge in [0.15, 0.2) is 5.82 Å². The van der Waals surface area contributed by atoms with Crippen molar-refractivity contribution in [2.75, 3.05) is 0 Å². The van der Waals surface area contributed by atoms with E-state index in [0.29, 0.717) is 17.5 Å². The second-order valence-corrected chi connectivity index (χ2v) is 8.37. The largest absolute Gasteiger partial charge is 0.481 e. The number of thioether (sulfide) groups is 1. The van der Waals surface area contributed by atoms with Crippen molar-refractivity contribution in [3.05, 3.63) is 11.7 Å². The monoisotopic (exact) mass is 284 g/mol. The number of carboxylic acid groups (broad SMARTS) is 1. The first kappa shape index (κ1) is 14.4. The molecule has 0 spiro atoms. The van der Waals surface area contributed by atoms with Crippen LogP contribution in [0.5, 0.6) is 0 Å². The molecule has 0 radical (unpaired) electrons. The van der Waals surface area contributed by atoms with Crippen LogP contribution >= 0.6 is 11.8 Å². The molecule has 0 saturated heterocycles. The molecule has 6 heteroatoms. The molecule has 1 aliphatic rings. The summed E-state index contributed by atoms with van der Waals surface area (Å²) in [6.45, 7) is 10.2. The molecule has 0 aromatic carbocycles. The van der Waals surface area contributed by atoms with Gasteiger partial charge in [-0.25, -0.2) is 0 Å². The highest BCUT2D eigenvalue weighted by Gasteiger charge is 2.65. The molecule has 2 atom stereocenters. The smallest absolute Gasteiger partial charge is 0.307 e. The van der Waals surface area contributed by atoms with E-state index in [4.69, 9.17) is 9.63 Å². The third-order valence-corrected chi connectivity index (χ3v) is 4.75. The van der Waals surface area contributed by atoms with E-state index >= 15 is 0 Å². The normalized spacial score (nSPS) is 25.3. The maximum Gasteiger partial charge on any atom is 0.307 e. The number of aromatic nitrogens is 2. The molecule has 5 nitrogen and oxygen atoms in total. The predicted molar refractivity (Wildman–Crippen MR) is 73.0 cm³/mol. The van der Waals surface area contributed by atoms with Gasteiger partial charge in [-0.15, -0.1) is 11.8 Å². The maximum atomic E-state index is 11.1. The van der Waals surface area contributed by atoms with Crippen molar-refractivity contribution in [2.24, 2.45) is 11.3 Å². The van der Waals surface area contributed by atoms with Crippen LogP contribution in [0.2, 0.25) is 0 Å². The van der Waals surface area contributed by atoms with Crippen molar-refractivity contribution in [1.29, 1.82) is 0 Å². The molecule has 0 aliphatic heterocycles. The van der Waals surface area contributed by atoms with Crippen LogP contribution in [0.25, 0.3) is 0 Å². The van der Waals surface area contributed by atoms with E-state index in [1.807, 2.05) is 13.8 Å². The average molecular weight is 284 g/mol. The summed E-state index contributed by atoms with van der Waals surface area (Å²) < 4.78 is 5.37. The molecule has 106 valence electrons. The van der Waals surface area contributed by atoms with Crippen LogP contribution in [-0.2, 0) is 10.5 Å². The second-order valence-electron chi connectivity index (χ2n) is 6.56. The van der Waals surface area contributed by atoms with Crippen LogP contribution in [0, 0.1) is 11.3 Å². The van der Waals surface area contributed by atoms with E-state index in [9.17, 15) is 4.79 Å². The van der Waals surface area contributed by atoms with Crippen molar-refractivity contribution in [3.8, 4) is 0 Å². The Labute approximate surface area is 117 Å². The number of hydrogen-bond acceptors (Lipinski definition) is 5. The van der Waals surface area contributed by atoms with Crippen molar-refractivity contribution >= 4 is 17.7 Å². The standard InChI is InChI=1S/C13H20N2O3S/c1-12(2,3)19-6-7-14-10(18-15-7)8-9(11(16)17)13(8,4)5/h8-9H,6H2,1-5H3,(H,16,17). The summed E-state index contributed by atoms with van der Waals surface area (Å²) in [4.78, 5) is 15.5. The van der Waals surface area contributed by atoms with E-state index < -0.39 is 11.9 Å². The number of carboxylic acids is 1. The fourth-order valence-corrected chi connectivity index (χ4v) is 2.97. The summed E-state index contributed by atoms with van der Waals surface area (Å²) in [5.41, 5.74) is -0.299. The SMILES string of the molecule is CC(C)(C)SCc1noc(C2C(C(=O)O)C2(C)C)n1. The Bertz CT molecular complexity index is 490. The van der Waals surface area contributed by atoms with Gasteiger partial charge < -0.3 is 9.63 Å². The van der Waals surface area contributed by atoms with Crippen LogP contribution in [-0.4, -0.2) is 26.0 Å². The van der Waals surface area contributed by atoms with Gasteiger partial charge in [0.05, 0.1) is 17.6 Å². The summed E-state index contributed by atoms with van der Waals surface area (Å²) >= 11 is 1.74. The molecule has 1 aromatic heterocycles. The van der Waals surface area contributed by atoms with Gasteiger partial charge in [-0.2, -0.15) is 4.98 Å². The Morgan fingerprint density at radius 1 is 1.47 bits per heavy atom. The minimum absolute atomic E-state index is 0.142. The molecule has 1 saturated carbocycles. The van der Waals surface area contributed by atoms with Gasteiger partial charge in [-0.1, -0.05) is 39.8 Å². The Kier molecular flexibility index (Phi) is 3.41. The minimum Gasteiger partial charge on any atom is -0.481 e. The van der Waals surface area contributed by atoms with E-state index in [-0.39, 0.29) is 16.1 Å². The lowest BCUT2D eigenvalue weighted by Crippen LogP contribution is -2.07. The van der Waals surface area contributed by atoms with Crippen LogP contribution in [0.3, 0.4) is 0 Å². The maximum absolute atomic E-state index is 11.1. The molecule has 1 fully saturated rings. The van der Waals surface area contributed by atoms with Crippen LogP contribution in [0.1, 0.15) is 52.3 Å². The Hall–Kier alpha value is -1.04. The highest BCUT2D eigenvalue weighted by atomic mass is 32.2. The summed E-state index contributed by atoms with van der Waals surface area (Å²) in [7, 11) is 0.